The van der Waals surface area contributed by atoms with Gasteiger partial charge >= 0.3 is 0 Å². The highest BCUT2D eigenvalue weighted by molar-refractivity contribution is 14.1. The first-order chi connectivity index (χ1) is 9.53. The van der Waals surface area contributed by atoms with Crippen molar-refractivity contribution in [3.63, 3.8) is 0 Å². The zero-order valence-electron chi connectivity index (χ0n) is 11.1. The maximum absolute atomic E-state index is 12.4. The van der Waals surface area contributed by atoms with Gasteiger partial charge in [-0.1, -0.05) is 70.6 Å². The van der Waals surface area contributed by atoms with E-state index in [1.165, 1.54) is 0 Å². The topological polar surface area (TPSA) is 46.2 Å². The molecule has 0 heterocycles. The summed E-state index contributed by atoms with van der Waals surface area (Å²) in [7, 11) is -3.49. The lowest BCUT2D eigenvalue weighted by Crippen LogP contribution is -2.29. The van der Waals surface area contributed by atoms with Gasteiger partial charge in [0.15, 0.2) is 0 Å². The van der Waals surface area contributed by atoms with Gasteiger partial charge in [0.2, 0.25) is 10.0 Å². The van der Waals surface area contributed by atoms with Crippen molar-refractivity contribution in [2.24, 2.45) is 0 Å². The molecule has 0 spiro atoms. The van der Waals surface area contributed by atoms with E-state index in [1.54, 1.807) is 24.3 Å². The monoisotopic (exact) mass is 401 g/mol. The summed E-state index contributed by atoms with van der Waals surface area (Å²) in [6.45, 7) is 1.93. The van der Waals surface area contributed by atoms with E-state index in [0.29, 0.717) is 9.32 Å². The molecule has 0 radical (unpaired) electrons. The van der Waals surface area contributed by atoms with E-state index in [-0.39, 0.29) is 6.04 Å². The van der Waals surface area contributed by atoms with Gasteiger partial charge in [0.25, 0.3) is 0 Å². The van der Waals surface area contributed by atoms with Crippen LogP contribution in [0.25, 0.3) is 0 Å². The second kappa shape index (κ2) is 6.69. The molecule has 2 aromatic rings. The van der Waals surface area contributed by atoms with Gasteiger partial charge in [0.1, 0.15) is 0 Å². The van der Waals surface area contributed by atoms with E-state index in [0.717, 1.165) is 11.1 Å². The molecular formula is C15H16INO2S. The van der Waals surface area contributed by atoms with Crippen LogP contribution in [0.2, 0.25) is 0 Å². The largest absolute Gasteiger partial charge is 0.241 e. The molecular weight excluding hydrogens is 385 g/mol. The molecule has 20 heavy (non-hydrogen) atoms. The molecule has 0 aromatic heterocycles. The number of nitrogens with one attached hydrogen (secondary N) is 1. The summed E-state index contributed by atoms with van der Waals surface area (Å²) in [6, 6.07) is 16.3. The fraction of sp³-hybridized carbons (Fsp3) is 0.200. The fourth-order valence-electron chi connectivity index (χ4n) is 1.85. The predicted molar refractivity (Wildman–Crippen MR) is 89.6 cm³/mol. The highest BCUT2D eigenvalue weighted by Gasteiger charge is 2.20. The van der Waals surface area contributed by atoms with Gasteiger partial charge < -0.3 is 0 Å². The molecule has 1 N–H and O–H groups in total. The first-order valence-electron chi connectivity index (χ1n) is 6.23. The minimum Gasteiger partial charge on any atom is -0.207 e. The highest BCUT2D eigenvalue weighted by Crippen LogP contribution is 2.19. The molecule has 0 aliphatic carbocycles. The van der Waals surface area contributed by atoms with Crippen molar-refractivity contribution >= 4 is 32.6 Å². The maximum atomic E-state index is 12.4. The quantitative estimate of drug-likeness (QED) is 0.616. The van der Waals surface area contributed by atoms with E-state index in [9.17, 15) is 8.42 Å². The van der Waals surface area contributed by atoms with E-state index in [2.05, 4.69) is 27.3 Å². The second-order valence-electron chi connectivity index (χ2n) is 4.55. The number of halogens is 1. The Labute approximate surface area is 133 Å². The van der Waals surface area contributed by atoms with Gasteiger partial charge in [-0.3, -0.25) is 0 Å². The number of benzene rings is 2. The lowest BCUT2D eigenvalue weighted by atomic mass is 10.1. The molecule has 106 valence electrons. The third-order valence-electron chi connectivity index (χ3n) is 2.98. The summed E-state index contributed by atoms with van der Waals surface area (Å²) in [4.78, 5) is 0.300. The average molecular weight is 401 g/mol. The fourth-order valence-corrected chi connectivity index (χ4v) is 4.10. The maximum Gasteiger partial charge on any atom is 0.241 e. The molecule has 2 aromatic carbocycles. The summed E-state index contributed by atoms with van der Waals surface area (Å²) in [5.74, 6) is 0. The van der Waals surface area contributed by atoms with Crippen LogP contribution in [0.1, 0.15) is 17.2 Å². The Bertz CT molecular complexity index is 654. The second-order valence-corrected chi connectivity index (χ2v) is 7.15. The van der Waals surface area contributed by atoms with Crippen LogP contribution in [0.3, 0.4) is 0 Å². The lowest BCUT2D eigenvalue weighted by molar-refractivity contribution is 0.569. The Morgan fingerprint density at radius 3 is 2.20 bits per heavy atom. The van der Waals surface area contributed by atoms with Crippen molar-refractivity contribution in [1.29, 1.82) is 0 Å². The van der Waals surface area contributed by atoms with Crippen LogP contribution in [0.15, 0.2) is 59.5 Å². The summed E-state index contributed by atoms with van der Waals surface area (Å²) < 4.78 is 28.2. The Hall–Kier alpha value is -0.920. The molecule has 1 atom stereocenters. The molecule has 0 saturated carbocycles. The number of sulfonamides is 1. The van der Waals surface area contributed by atoms with Gasteiger partial charge in [-0.05, 0) is 24.6 Å². The number of aryl methyl sites for hydroxylation is 1. The standard InChI is InChI=1S/C15H16INO2S/c1-12-7-9-14(10-8-12)20(18,19)17-15(11-16)13-5-3-2-4-6-13/h2-10,15,17H,11H2,1H3/t15-/m0/s1. The van der Waals surface area contributed by atoms with Crippen LogP contribution in [-0.4, -0.2) is 12.8 Å². The van der Waals surface area contributed by atoms with E-state index >= 15 is 0 Å². The van der Waals surface area contributed by atoms with E-state index < -0.39 is 10.0 Å². The minimum atomic E-state index is -3.49. The molecule has 0 aliphatic heterocycles. The van der Waals surface area contributed by atoms with Crippen molar-refractivity contribution in [2.45, 2.75) is 17.9 Å². The molecule has 0 bridgehead atoms. The average Bonchev–Trinajstić information content (AvgIpc) is 2.46. The zero-order valence-corrected chi connectivity index (χ0v) is 14.1. The highest BCUT2D eigenvalue weighted by atomic mass is 127. The van der Waals surface area contributed by atoms with Crippen LogP contribution >= 0.6 is 22.6 Å². The van der Waals surface area contributed by atoms with Gasteiger partial charge in [0.05, 0.1) is 10.9 Å². The Kier molecular flexibility index (Phi) is 5.17. The minimum absolute atomic E-state index is 0.219. The molecule has 2 rings (SSSR count). The molecule has 0 unspecified atom stereocenters. The molecule has 3 nitrogen and oxygen atoms in total. The van der Waals surface area contributed by atoms with Gasteiger partial charge in [-0.2, -0.15) is 0 Å². The Morgan fingerprint density at radius 1 is 1.05 bits per heavy atom. The summed E-state index contributed by atoms with van der Waals surface area (Å²) >= 11 is 2.19. The number of hydrogen-bond donors (Lipinski definition) is 1. The molecule has 0 saturated heterocycles. The van der Waals surface area contributed by atoms with E-state index in [4.69, 9.17) is 0 Å². The van der Waals surface area contributed by atoms with Crippen molar-refractivity contribution in [3.8, 4) is 0 Å². The first-order valence-corrected chi connectivity index (χ1v) is 9.24. The zero-order chi connectivity index (χ0) is 14.6. The van der Waals surface area contributed by atoms with E-state index in [1.807, 2.05) is 37.3 Å². The van der Waals surface area contributed by atoms with Crippen LogP contribution in [0, 0.1) is 6.92 Å². The summed E-state index contributed by atoms with van der Waals surface area (Å²) in [5.41, 5.74) is 2.01. The van der Waals surface area contributed by atoms with Gasteiger partial charge in [0, 0.05) is 4.43 Å². The number of hydrogen-bond acceptors (Lipinski definition) is 2. The van der Waals surface area contributed by atoms with Crippen molar-refractivity contribution in [1.82, 2.24) is 4.72 Å². The SMILES string of the molecule is Cc1ccc(S(=O)(=O)N[C@@H](CI)c2ccccc2)cc1. The van der Waals surface area contributed by atoms with Gasteiger partial charge in [-0.15, -0.1) is 0 Å². The van der Waals surface area contributed by atoms with Crippen LogP contribution < -0.4 is 4.72 Å². The Balaban J connectivity index is 2.24. The third kappa shape index (κ3) is 3.80. The van der Waals surface area contributed by atoms with Crippen LogP contribution in [-0.2, 0) is 10.0 Å². The molecule has 0 aliphatic rings. The van der Waals surface area contributed by atoms with Crippen LogP contribution in [0.5, 0.6) is 0 Å². The van der Waals surface area contributed by atoms with Gasteiger partial charge in [-0.25, -0.2) is 13.1 Å². The van der Waals surface area contributed by atoms with Crippen LogP contribution in [0.4, 0.5) is 0 Å². The number of rotatable bonds is 5. The lowest BCUT2D eigenvalue weighted by Gasteiger charge is -2.17. The first kappa shape index (κ1) is 15.5. The van der Waals surface area contributed by atoms with Crippen molar-refractivity contribution in [2.75, 3.05) is 4.43 Å². The van der Waals surface area contributed by atoms with Crippen molar-refractivity contribution in [3.05, 3.63) is 65.7 Å². The third-order valence-corrected chi connectivity index (χ3v) is 5.35. The van der Waals surface area contributed by atoms with Crippen molar-refractivity contribution < 1.29 is 8.42 Å². The normalized spacial score (nSPS) is 13.1. The molecule has 5 heteroatoms. The Morgan fingerprint density at radius 2 is 1.65 bits per heavy atom. The number of alkyl halides is 1. The predicted octanol–water partition coefficient (Wildman–Crippen LogP) is 3.45. The molecule has 0 amide bonds. The smallest absolute Gasteiger partial charge is 0.207 e. The summed E-state index contributed by atoms with van der Waals surface area (Å²) in [5, 5.41) is 0. The molecule has 0 fully saturated rings. The summed E-state index contributed by atoms with van der Waals surface area (Å²) in [6.07, 6.45) is 0.